The van der Waals surface area contributed by atoms with Crippen molar-refractivity contribution in [2.45, 2.75) is 52.4 Å². The molecule has 0 aliphatic carbocycles. The van der Waals surface area contributed by atoms with Crippen LogP contribution in [0, 0.1) is 11.3 Å². The van der Waals surface area contributed by atoms with E-state index in [0.717, 1.165) is 26.0 Å². The largest absolute Gasteiger partial charge is 0.396 e. The van der Waals surface area contributed by atoms with Gasteiger partial charge < -0.3 is 25.4 Å². The highest BCUT2D eigenvalue weighted by Crippen LogP contribution is 2.31. The molecule has 2 atom stereocenters. The van der Waals surface area contributed by atoms with Gasteiger partial charge in [0.1, 0.15) is 6.54 Å². The average Bonchev–Trinajstić information content (AvgIpc) is 3.12. The minimum atomic E-state index is -0.0604. The minimum absolute atomic E-state index is 0.0246. The molecule has 0 spiro atoms. The van der Waals surface area contributed by atoms with E-state index in [-0.39, 0.29) is 24.5 Å². The van der Waals surface area contributed by atoms with Crippen molar-refractivity contribution >= 4 is 11.9 Å². The molecule has 1 aliphatic rings. The van der Waals surface area contributed by atoms with Gasteiger partial charge in [-0.05, 0) is 25.2 Å². The van der Waals surface area contributed by atoms with Crippen LogP contribution in [0.4, 0.5) is 0 Å². The molecule has 0 aromatic rings. The molecule has 1 heterocycles. The fourth-order valence-corrected chi connectivity index (χ4v) is 3.23. The summed E-state index contributed by atoms with van der Waals surface area (Å²) in [4.78, 5) is 18.0. The number of hydrogen-bond acceptors (Lipinski definition) is 4. The maximum absolute atomic E-state index is 11.9. The number of aliphatic hydroxyl groups is 1. The molecule has 3 N–H and O–H groups in total. The number of likely N-dealkylation sites (N-methyl/N-ethyl adjacent to an activating group) is 1. The zero-order valence-corrected chi connectivity index (χ0v) is 17.7. The third-order valence-corrected chi connectivity index (χ3v) is 5.43. The van der Waals surface area contributed by atoms with E-state index in [9.17, 15) is 9.90 Å². The predicted octanol–water partition coefficient (Wildman–Crippen LogP) is 1.62. The number of amides is 1. The number of aliphatic hydroxyl groups excluding tert-OH is 1. The number of rotatable bonds is 12. The molecule has 2 unspecified atom stereocenters. The normalized spacial score (nSPS) is 21.1. The Balaban J connectivity index is 2.68. The summed E-state index contributed by atoms with van der Waals surface area (Å²) < 4.78 is 5.56. The average molecular weight is 385 g/mol. The molecule has 0 saturated carbocycles. The molecule has 1 rings (SSSR count). The van der Waals surface area contributed by atoms with Gasteiger partial charge in [0.2, 0.25) is 5.91 Å². The van der Waals surface area contributed by atoms with E-state index in [0.29, 0.717) is 31.4 Å². The maximum Gasteiger partial charge on any atom is 0.243 e. The smallest absolute Gasteiger partial charge is 0.243 e. The third kappa shape index (κ3) is 8.93. The van der Waals surface area contributed by atoms with Crippen molar-refractivity contribution in [2.75, 3.05) is 53.6 Å². The molecular weight excluding hydrogens is 344 g/mol. The van der Waals surface area contributed by atoms with Crippen LogP contribution in [0.3, 0.4) is 0 Å². The Morgan fingerprint density at radius 2 is 2.11 bits per heavy atom. The summed E-state index contributed by atoms with van der Waals surface area (Å²) >= 11 is 0. The van der Waals surface area contributed by atoms with Gasteiger partial charge >= 0.3 is 0 Å². The summed E-state index contributed by atoms with van der Waals surface area (Å²) in [5, 5.41) is 16.2. The van der Waals surface area contributed by atoms with Crippen molar-refractivity contribution in [2.24, 2.45) is 16.3 Å². The standard InChI is InChI=1S/C20H40N4O3/c1-5-7-8-17(6-2)13-21-19(22-14-18(26)24(3)4)23-15-20(9-11-25)10-12-27-16-20/h17,25H,5-16H2,1-4H3,(H2,21,22,23). The molecule has 0 aromatic heterocycles. The van der Waals surface area contributed by atoms with Gasteiger partial charge in [0.25, 0.3) is 0 Å². The third-order valence-electron chi connectivity index (χ3n) is 5.43. The second kappa shape index (κ2) is 12.9. The van der Waals surface area contributed by atoms with E-state index in [1.165, 1.54) is 19.3 Å². The van der Waals surface area contributed by atoms with Crippen molar-refractivity contribution in [3.63, 3.8) is 0 Å². The summed E-state index contributed by atoms with van der Waals surface area (Å²) in [5.41, 5.74) is -0.0604. The number of carbonyl (C=O) groups is 1. The number of ether oxygens (including phenoxy) is 1. The highest BCUT2D eigenvalue weighted by atomic mass is 16.5. The maximum atomic E-state index is 11.9. The number of aliphatic imine (C=N–C) groups is 1. The second-order valence-corrected chi connectivity index (χ2v) is 7.88. The van der Waals surface area contributed by atoms with Gasteiger partial charge in [0, 0.05) is 45.8 Å². The highest BCUT2D eigenvalue weighted by Gasteiger charge is 2.34. The zero-order chi connectivity index (χ0) is 20.1. The van der Waals surface area contributed by atoms with Crippen LogP contribution in [-0.4, -0.2) is 75.4 Å². The van der Waals surface area contributed by atoms with Gasteiger partial charge in [-0.15, -0.1) is 0 Å². The first-order valence-electron chi connectivity index (χ1n) is 10.4. The topological polar surface area (TPSA) is 86.2 Å². The van der Waals surface area contributed by atoms with Gasteiger partial charge in [0.05, 0.1) is 6.61 Å². The Bertz CT molecular complexity index is 449. The Morgan fingerprint density at radius 1 is 1.33 bits per heavy atom. The van der Waals surface area contributed by atoms with Crippen LogP contribution in [0.1, 0.15) is 52.4 Å². The summed E-state index contributed by atoms with van der Waals surface area (Å²) in [6.07, 6.45) is 6.40. The van der Waals surface area contributed by atoms with Crippen LogP contribution in [0.25, 0.3) is 0 Å². The number of nitrogens with zero attached hydrogens (tertiary/aromatic N) is 2. The van der Waals surface area contributed by atoms with Gasteiger partial charge in [-0.2, -0.15) is 0 Å². The van der Waals surface area contributed by atoms with Crippen molar-refractivity contribution < 1.29 is 14.6 Å². The summed E-state index contributed by atoms with van der Waals surface area (Å²) in [5.74, 6) is 1.25. The predicted molar refractivity (Wildman–Crippen MR) is 110 cm³/mol. The molecule has 7 nitrogen and oxygen atoms in total. The van der Waals surface area contributed by atoms with E-state index in [4.69, 9.17) is 4.74 Å². The van der Waals surface area contributed by atoms with E-state index >= 15 is 0 Å². The number of nitrogens with one attached hydrogen (secondary N) is 2. The fourth-order valence-electron chi connectivity index (χ4n) is 3.23. The van der Waals surface area contributed by atoms with Crippen molar-refractivity contribution in [1.29, 1.82) is 0 Å². The first kappa shape index (κ1) is 23.7. The number of unbranched alkanes of at least 4 members (excludes halogenated alkanes) is 1. The van der Waals surface area contributed by atoms with Crippen molar-refractivity contribution in [3.8, 4) is 0 Å². The lowest BCUT2D eigenvalue weighted by atomic mass is 9.84. The van der Waals surface area contributed by atoms with Gasteiger partial charge in [0.15, 0.2) is 5.96 Å². The number of carbonyl (C=O) groups excluding carboxylic acids is 1. The lowest BCUT2D eigenvalue weighted by molar-refractivity contribution is -0.127. The lowest BCUT2D eigenvalue weighted by Gasteiger charge is -2.28. The fraction of sp³-hybridized carbons (Fsp3) is 0.900. The lowest BCUT2D eigenvalue weighted by Crippen LogP contribution is -2.46. The molecule has 0 bridgehead atoms. The molecular formula is C20H40N4O3. The molecule has 158 valence electrons. The van der Waals surface area contributed by atoms with E-state index < -0.39 is 0 Å². The summed E-state index contributed by atoms with van der Waals surface area (Å²) in [7, 11) is 3.48. The van der Waals surface area contributed by atoms with E-state index in [1.807, 2.05) is 0 Å². The van der Waals surface area contributed by atoms with Crippen LogP contribution >= 0.6 is 0 Å². The Labute approximate surface area is 164 Å². The first-order valence-corrected chi connectivity index (χ1v) is 10.4. The Hall–Kier alpha value is -1.34. The molecule has 0 aromatic carbocycles. The van der Waals surface area contributed by atoms with Gasteiger partial charge in [-0.25, -0.2) is 4.99 Å². The minimum Gasteiger partial charge on any atom is -0.396 e. The Morgan fingerprint density at radius 3 is 2.67 bits per heavy atom. The quantitative estimate of drug-likeness (QED) is 0.352. The van der Waals surface area contributed by atoms with Crippen LogP contribution in [0.5, 0.6) is 0 Å². The molecule has 7 heteroatoms. The second-order valence-electron chi connectivity index (χ2n) is 7.88. The van der Waals surface area contributed by atoms with Gasteiger partial charge in [-0.3, -0.25) is 4.79 Å². The van der Waals surface area contributed by atoms with Crippen LogP contribution in [-0.2, 0) is 9.53 Å². The van der Waals surface area contributed by atoms with Crippen LogP contribution in [0.15, 0.2) is 4.99 Å². The number of guanidine groups is 1. The Kier molecular flexibility index (Phi) is 11.4. The van der Waals surface area contributed by atoms with Crippen molar-refractivity contribution in [1.82, 2.24) is 15.5 Å². The molecule has 1 saturated heterocycles. The summed E-state index contributed by atoms with van der Waals surface area (Å²) in [6.45, 7) is 7.62. The molecule has 1 fully saturated rings. The summed E-state index contributed by atoms with van der Waals surface area (Å²) in [6, 6.07) is 0. The van der Waals surface area contributed by atoms with Crippen LogP contribution < -0.4 is 10.6 Å². The van der Waals surface area contributed by atoms with Crippen LogP contribution in [0.2, 0.25) is 0 Å². The molecule has 1 amide bonds. The van der Waals surface area contributed by atoms with E-state index in [2.05, 4.69) is 29.5 Å². The monoisotopic (exact) mass is 384 g/mol. The highest BCUT2D eigenvalue weighted by molar-refractivity contribution is 5.84. The molecule has 1 aliphatic heterocycles. The van der Waals surface area contributed by atoms with E-state index in [1.54, 1.807) is 19.0 Å². The first-order chi connectivity index (χ1) is 13.0. The van der Waals surface area contributed by atoms with Crippen molar-refractivity contribution in [3.05, 3.63) is 0 Å². The number of hydrogen-bond donors (Lipinski definition) is 3. The zero-order valence-electron chi connectivity index (χ0n) is 17.7. The molecule has 0 radical (unpaired) electrons. The SMILES string of the molecule is CCCCC(CC)CNC(=NCC(=O)N(C)C)NCC1(CCO)CCOC1. The molecule has 27 heavy (non-hydrogen) atoms. The van der Waals surface area contributed by atoms with Gasteiger partial charge in [-0.1, -0.05) is 33.1 Å².